The molecule has 1 aromatic carbocycles. The topological polar surface area (TPSA) is 19.0 Å². The second-order valence-corrected chi connectivity index (χ2v) is 3.92. The smallest absolute Gasteiger partial charge is 0.113 e. The average Bonchev–Trinajstić information content (AvgIpc) is 2.85. The lowest BCUT2D eigenvalue weighted by molar-refractivity contribution is 0.949. The van der Waals surface area contributed by atoms with Crippen LogP contribution in [0.15, 0.2) is 30.5 Å². The van der Waals surface area contributed by atoms with Crippen LogP contribution in [0, 0.1) is 0 Å². The van der Waals surface area contributed by atoms with Gasteiger partial charge in [0, 0.05) is 30.1 Å². The highest BCUT2D eigenvalue weighted by molar-refractivity contribution is 5.93. The Balaban J connectivity index is 2.11. The normalized spacial score (nSPS) is 16.7. The third-order valence-corrected chi connectivity index (χ3v) is 3.00. The van der Waals surface area contributed by atoms with E-state index in [0.717, 1.165) is 0 Å². The maximum Gasteiger partial charge on any atom is 0.113 e. The van der Waals surface area contributed by atoms with Gasteiger partial charge in [-0.1, -0.05) is 24.3 Å². The first-order valence-electron chi connectivity index (χ1n) is 5.26. The van der Waals surface area contributed by atoms with Crippen molar-refractivity contribution in [3.63, 3.8) is 0 Å². The van der Waals surface area contributed by atoms with Crippen molar-refractivity contribution < 1.29 is 0 Å². The summed E-state index contributed by atoms with van der Waals surface area (Å²) in [6.07, 6.45) is 4.75. The SMILES string of the molecule is c1ccc2c(N3CCCC3)[nH]cc2c1. The van der Waals surface area contributed by atoms with Crippen LogP contribution in [0.2, 0.25) is 0 Å². The first kappa shape index (κ1) is 7.92. The fourth-order valence-corrected chi connectivity index (χ4v) is 2.26. The predicted octanol–water partition coefficient (Wildman–Crippen LogP) is 2.77. The van der Waals surface area contributed by atoms with Crippen LogP contribution < -0.4 is 4.90 Å². The molecule has 1 fully saturated rings. The number of aromatic amines is 1. The van der Waals surface area contributed by atoms with Gasteiger partial charge >= 0.3 is 0 Å². The van der Waals surface area contributed by atoms with E-state index in [-0.39, 0.29) is 0 Å². The molecule has 0 unspecified atom stereocenters. The monoisotopic (exact) mass is 186 g/mol. The van der Waals surface area contributed by atoms with Crippen molar-refractivity contribution in [1.29, 1.82) is 0 Å². The molecule has 2 nitrogen and oxygen atoms in total. The average molecular weight is 186 g/mol. The van der Waals surface area contributed by atoms with Gasteiger partial charge in [-0.25, -0.2) is 0 Å². The molecular weight excluding hydrogens is 172 g/mol. The summed E-state index contributed by atoms with van der Waals surface area (Å²) in [6, 6.07) is 8.55. The molecule has 3 rings (SSSR count). The van der Waals surface area contributed by atoms with E-state index in [1.165, 1.54) is 42.5 Å². The van der Waals surface area contributed by atoms with Crippen molar-refractivity contribution in [2.75, 3.05) is 18.0 Å². The van der Waals surface area contributed by atoms with Crippen LogP contribution in [0.4, 0.5) is 5.82 Å². The van der Waals surface area contributed by atoms with Crippen LogP contribution in [0.3, 0.4) is 0 Å². The van der Waals surface area contributed by atoms with E-state index < -0.39 is 0 Å². The van der Waals surface area contributed by atoms with E-state index in [9.17, 15) is 0 Å². The Labute approximate surface area is 83.5 Å². The minimum Gasteiger partial charge on any atom is -0.358 e. The van der Waals surface area contributed by atoms with Crippen molar-refractivity contribution >= 4 is 16.6 Å². The number of hydrogen-bond donors (Lipinski definition) is 1. The van der Waals surface area contributed by atoms with Gasteiger partial charge in [-0.05, 0) is 12.8 Å². The quantitative estimate of drug-likeness (QED) is 0.725. The Morgan fingerprint density at radius 2 is 1.86 bits per heavy atom. The molecule has 0 saturated carbocycles. The molecule has 1 aliphatic rings. The van der Waals surface area contributed by atoms with Crippen molar-refractivity contribution in [3.8, 4) is 0 Å². The zero-order chi connectivity index (χ0) is 9.38. The summed E-state index contributed by atoms with van der Waals surface area (Å²) in [5, 5.41) is 2.67. The Kier molecular flexibility index (Phi) is 1.72. The standard InChI is InChI=1S/C12H14N2/c1-2-6-11-10(5-1)9-13-12(11)14-7-3-4-8-14/h1-2,5-6,9,13H,3-4,7-8H2. The highest BCUT2D eigenvalue weighted by Crippen LogP contribution is 2.27. The zero-order valence-corrected chi connectivity index (χ0v) is 8.16. The van der Waals surface area contributed by atoms with Crippen molar-refractivity contribution in [2.45, 2.75) is 12.8 Å². The lowest BCUT2D eigenvalue weighted by Gasteiger charge is -2.15. The maximum absolute atomic E-state index is 3.38. The second-order valence-electron chi connectivity index (χ2n) is 3.92. The second kappa shape index (κ2) is 3.05. The van der Waals surface area contributed by atoms with E-state index in [1.54, 1.807) is 0 Å². The van der Waals surface area contributed by atoms with E-state index in [0.29, 0.717) is 0 Å². The molecule has 72 valence electrons. The van der Waals surface area contributed by atoms with Crippen LogP contribution in [0.1, 0.15) is 12.8 Å². The van der Waals surface area contributed by atoms with Gasteiger partial charge in [0.2, 0.25) is 0 Å². The lowest BCUT2D eigenvalue weighted by Crippen LogP contribution is -2.17. The number of anilines is 1. The molecular formula is C12H14N2. The van der Waals surface area contributed by atoms with E-state index in [2.05, 4.69) is 40.3 Å². The number of fused-ring (bicyclic) bond motifs is 1. The van der Waals surface area contributed by atoms with Gasteiger partial charge in [0.05, 0.1) is 0 Å². The fourth-order valence-electron chi connectivity index (χ4n) is 2.26. The van der Waals surface area contributed by atoms with Crippen LogP contribution >= 0.6 is 0 Å². The summed E-state index contributed by atoms with van der Waals surface area (Å²) in [7, 11) is 0. The number of nitrogens with zero attached hydrogens (tertiary/aromatic N) is 1. The number of rotatable bonds is 1. The van der Waals surface area contributed by atoms with Crippen LogP contribution in [-0.4, -0.2) is 18.1 Å². The molecule has 2 heterocycles. The number of H-pyrrole nitrogens is 1. The Hall–Kier alpha value is -1.44. The third kappa shape index (κ3) is 1.10. The first-order chi connectivity index (χ1) is 6.95. The molecule has 0 aliphatic carbocycles. The van der Waals surface area contributed by atoms with Crippen molar-refractivity contribution in [3.05, 3.63) is 30.5 Å². The van der Waals surface area contributed by atoms with Gasteiger partial charge in [-0.15, -0.1) is 0 Å². The molecule has 1 N–H and O–H groups in total. The van der Waals surface area contributed by atoms with Crippen molar-refractivity contribution in [2.24, 2.45) is 0 Å². The predicted molar refractivity (Wildman–Crippen MR) is 59.7 cm³/mol. The minimum atomic E-state index is 1.20. The maximum atomic E-state index is 3.38. The summed E-state index contributed by atoms with van der Waals surface area (Å²) in [5.41, 5.74) is 0. The number of benzene rings is 1. The molecule has 0 atom stereocenters. The third-order valence-electron chi connectivity index (χ3n) is 3.00. The Morgan fingerprint density at radius 3 is 2.71 bits per heavy atom. The van der Waals surface area contributed by atoms with Gasteiger partial charge in [-0.2, -0.15) is 0 Å². The van der Waals surface area contributed by atoms with Gasteiger partial charge in [-0.3, -0.25) is 0 Å². The lowest BCUT2D eigenvalue weighted by atomic mass is 10.2. The largest absolute Gasteiger partial charge is 0.358 e. The first-order valence-corrected chi connectivity index (χ1v) is 5.26. The van der Waals surface area contributed by atoms with Crippen molar-refractivity contribution in [1.82, 2.24) is 4.98 Å². The summed E-state index contributed by atoms with van der Waals surface area (Å²) >= 11 is 0. The molecule has 0 bridgehead atoms. The Bertz CT molecular complexity index is 438. The minimum absolute atomic E-state index is 1.20. The molecule has 1 aliphatic heterocycles. The van der Waals surface area contributed by atoms with Gasteiger partial charge in [0.1, 0.15) is 5.82 Å². The molecule has 2 heteroatoms. The number of nitrogens with one attached hydrogen (secondary N) is 1. The molecule has 1 saturated heterocycles. The number of aromatic nitrogens is 1. The summed E-state index contributed by atoms with van der Waals surface area (Å²) in [4.78, 5) is 5.83. The van der Waals surface area contributed by atoms with Gasteiger partial charge < -0.3 is 9.88 Å². The fraction of sp³-hybridized carbons (Fsp3) is 0.333. The summed E-state index contributed by atoms with van der Waals surface area (Å²) in [5.74, 6) is 1.30. The van der Waals surface area contributed by atoms with Crippen LogP contribution in [-0.2, 0) is 0 Å². The molecule has 0 spiro atoms. The molecule has 1 aromatic heterocycles. The van der Waals surface area contributed by atoms with Crippen LogP contribution in [0.5, 0.6) is 0 Å². The van der Waals surface area contributed by atoms with Gasteiger partial charge in [0.15, 0.2) is 0 Å². The summed E-state index contributed by atoms with van der Waals surface area (Å²) in [6.45, 7) is 2.40. The summed E-state index contributed by atoms with van der Waals surface area (Å²) < 4.78 is 0. The molecule has 2 aromatic rings. The van der Waals surface area contributed by atoms with E-state index in [1.807, 2.05) is 0 Å². The number of hydrogen-bond acceptors (Lipinski definition) is 1. The zero-order valence-electron chi connectivity index (χ0n) is 8.16. The van der Waals surface area contributed by atoms with E-state index in [4.69, 9.17) is 0 Å². The van der Waals surface area contributed by atoms with E-state index >= 15 is 0 Å². The highest BCUT2D eigenvalue weighted by atomic mass is 15.2. The highest BCUT2D eigenvalue weighted by Gasteiger charge is 2.15. The molecule has 14 heavy (non-hydrogen) atoms. The Morgan fingerprint density at radius 1 is 1.07 bits per heavy atom. The molecule has 0 amide bonds. The molecule has 0 radical (unpaired) electrons. The van der Waals surface area contributed by atoms with Crippen LogP contribution in [0.25, 0.3) is 10.8 Å². The van der Waals surface area contributed by atoms with Gasteiger partial charge in [0.25, 0.3) is 0 Å².